The molecule has 1 aliphatic rings. The quantitative estimate of drug-likeness (QED) is 0.699. The van der Waals surface area contributed by atoms with Crippen molar-refractivity contribution in [2.24, 2.45) is 0 Å². The first kappa shape index (κ1) is 17.3. The van der Waals surface area contributed by atoms with Crippen molar-refractivity contribution < 1.29 is 14.1 Å². The molecule has 0 saturated heterocycles. The topological polar surface area (TPSA) is 93.0 Å². The lowest BCUT2D eigenvalue weighted by molar-refractivity contribution is 0.0941. The molecule has 7 nitrogen and oxygen atoms in total. The van der Waals surface area contributed by atoms with Gasteiger partial charge in [-0.05, 0) is 61.9 Å². The third-order valence-corrected chi connectivity index (χ3v) is 4.68. The van der Waals surface area contributed by atoms with Gasteiger partial charge in [-0.2, -0.15) is 5.10 Å². The van der Waals surface area contributed by atoms with Gasteiger partial charge in [0.1, 0.15) is 12.4 Å². The molecule has 7 heteroatoms. The van der Waals surface area contributed by atoms with E-state index >= 15 is 0 Å². The van der Waals surface area contributed by atoms with Crippen molar-refractivity contribution in [2.45, 2.75) is 45.8 Å². The van der Waals surface area contributed by atoms with E-state index in [0.29, 0.717) is 12.3 Å². The summed E-state index contributed by atoms with van der Waals surface area (Å²) < 4.78 is 11.0. The van der Waals surface area contributed by atoms with Crippen LogP contribution in [0.25, 0.3) is 0 Å². The van der Waals surface area contributed by atoms with Crippen molar-refractivity contribution in [3.05, 3.63) is 64.3 Å². The highest BCUT2D eigenvalue weighted by atomic mass is 16.5. The van der Waals surface area contributed by atoms with Crippen molar-refractivity contribution >= 4 is 5.91 Å². The summed E-state index contributed by atoms with van der Waals surface area (Å²) in [5.74, 6) is 1.01. The summed E-state index contributed by atoms with van der Waals surface area (Å²) in [6.07, 6.45) is 4.74. The number of carbonyl (C=O) groups is 1. The molecule has 0 unspecified atom stereocenters. The number of nitrogens with zero attached hydrogens (tertiary/aromatic N) is 2. The zero-order valence-electron chi connectivity index (χ0n) is 15.2. The summed E-state index contributed by atoms with van der Waals surface area (Å²) in [6.45, 7) is 2.47. The molecular formula is C20H22N4O3. The van der Waals surface area contributed by atoms with E-state index in [1.165, 1.54) is 24.0 Å². The standard InChI is InChI=1S/C20H22N4O3/c1-13-8-16(23-22-13)11-21-20(25)19-10-18(27-24-19)12-26-17-7-6-14-4-2-3-5-15(14)9-17/h6-10H,2-5,11-12H2,1H3,(H,21,25)(H,22,23). The largest absolute Gasteiger partial charge is 0.486 e. The van der Waals surface area contributed by atoms with Gasteiger partial charge in [0.2, 0.25) is 0 Å². The van der Waals surface area contributed by atoms with Crippen molar-refractivity contribution in [1.29, 1.82) is 0 Å². The molecule has 2 heterocycles. The van der Waals surface area contributed by atoms with Crippen LogP contribution in [0.3, 0.4) is 0 Å². The Morgan fingerprint density at radius 2 is 2.07 bits per heavy atom. The van der Waals surface area contributed by atoms with Gasteiger partial charge < -0.3 is 14.6 Å². The molecule has 0 bridgehead atoms. The van der Waals surface area contributed by atoms with Gasteiger partial charge in [0.15, 0.2) is 11.5 Å². The number of amides is 1. The lowest BCUT2D eigenvalue weighted by atomic mass is 9.92. The Morgan fingerprint density at radius 1 is 1.22 bits per heavy atom. The highest BCUT2D eigenvalue weighted by molar-refractivity contribution is 5.92. The van der Waals surface area contributed by atoms with Gasteiger partial charge in [0.05, 0.1) is 12.2 Å². The molecule has 0 spiro atoms. The molecule has 1 aromatic carbocycles. The van der Waals surface area contributed by atoms with Crippen LogP contribution in [0.1, 0.15) is 51.6 Å². The number of ether oxygens (including phenoxy) is 1. The van der Waals surface area contributed by atoms with Gasteiger partial charge in [-0.25, -0.2) is 0 Å². The Bertz CT molecular complexity index is 944. The van der Waals surface area contributed by atoms with Gasteiger partial charge in [0.25, 0.3) is 5.91 Å². The second-order valence-electron chi connectivity index (χ2n) is 6.83. The molecule has 1 amide bonds. The number of aromatic nitrogens is 3. The summed E-state index contributed by atoms with van der Waals surface area (Å²) >= 11 is 0. The first-order valence-electron chi connectivity index (χ1n) is 9.16. The molecule has 2 N–H and O–H groups in total. The zero-order valence-corrected chi connectivity index (χ0v) is 15.2. The van der Waals surface area contributed by atoms with E-state index < -0.39 is 0 Å². The molecule has 3 aromatic rings. The minimum atomic E-state index is -0.306. The molecule has 27 heavy (non-hydrogen) atoms. The van der Waals surface area contributed by atoms with Crippen LogP contribution in [-0.2, 0) is 26.0 Å². The first-order chi connectivity index (χ1) is 13.2. The average Bonchev–Trinajstić information content (AvgIpc) is 3.33. The molecule has 2 aromatic heterocycles. The van der Waals surface area contributed by atoms with Crippen molar-refractivity contribution in [3.8, 4) is 5.75 Å². The van der Waals surface area contributed by atoms with Crippen LogP contribution in [0.4, 0.5) is 0 Å². The Labute approximate surface area is 157 Å². The first-order valence-corrected chi connectivity index (χ1v) is 9.16. The van der Waals surface area contributed by atoms with Gasteiger partial charge >= 0.3 is 0 Å². The number of nitrogens with one attached hydrogen (secondary N) is 2. The minimum Gasteiger partial charge on any atom is -0.486 e. The van der Waals surface area contributed by atoms with Crippen molar-refractivity contribution in [3.63, 3.8) is 0 Å². The van der Waals surface area contributed by atoms with Crippen LogP contribution < -0.4 is 10.1 Å². The van der Waals surface area contributed by atoms with Crippen LogP contribution in [-0.4, -0.2) is 21.3 Å². The summed E-state index contributed by atoms with van der Waals surface area (Å²) in [6, 6.07) is 9.70. The normalized spacial score (nSPS) is 13.2. The Kier molecular flexibility index (Phi) is 4.91. The van der Waals surface area contributed by atoms with E-state index in [4.69, 9.17) is 9.26 Å². The smallest absolute Gasteiger partial charge is 0.273 e. The summed E-state index contributed by atoms with van der Waals surface area (Å²) in [7, 11) is 0. The van der Waals surface area contributed by atoms with Gasteiger partial charge in [-0.1, -0.05) is 11.2 Å². The van der Waals surface area contributed by atoms with E-state index in [-0.39, 0.29) is 18.2 Å². The van der Waals surface area contributed by atoms with E-state index in [0.717, 1.165) is 30.0 Å². The summed E-state index contributed by atoms with van der Waals surface area (Å²) in [5.41, 5.74) is 4.72. The fourth-order valence-corrected chi connectivity index (χ4v) is 3.27. The molecule has 0 aliphatic heterocycles. The van der Waals surface area contributed by atoms with Gasteiger partial charge in [-0.3, -0.25) is 9.89 Å². The third-order valence-electron chi connectivity index (χ3n) is 4.68. The predicted molar refractivity (Wildman–Crippen MR) is 98.4 cm³/mol. The number of hydrogen-bond donors (Lipinski definition) is 2. The second-order valence-corrected chi connectivity index (χ2v) is 6.83. The van der Waals surface area contributed by atoms with Gasteiger partial charge in [0, 0.05) is 11.8 Å². The highest BCUT2D eigenvalue weighted by Crippen LogP contribution is 2.25. The fourth-order valence-electron chi connectivity index (χ4n) is 3.27. The summed E-state index contributed by atoms with van der Waals surface area (Å²) in [5, 5.41) is 13.5. The van der Waals surface area contributed by atoms with E-state index in [2.05, 4.69) is 32.8 Å². The van der Waals surface area contributed by atoms with E-state index in [1.54, 1.807) is 6.07 Å². The van der Waals surface area contributed by atoms with Crippen LogP contribution >= 0.6 is 0 Å². The maximum absolute atomic E-state index is 12.2. The molecule has 4 rings (SSSR count). The second kappa shape index (κ2) is 7.65. The number of hydrogen-bond acceptors (Lipinski definition) is 5. The Morgan fingerprint density at radius 3 is 2.89 bits per heavy atom. The highest BCUT2D eigenvalue weighted by Gasteiger charge is 2.14. The Hall–Kier alpha value is -3.09. The average molecular weight is 366 g/mol. The number of rotatable bonds is 6. The predicted octanol–water partition coefficient (Wildman–Crippen LogP) is 3.09. The molecule has 0 atom stereocenters. The molecular weight excluding hydrogens is 344 g/mol. The number of H-pyrrole nitrogens is 1. The molecule has 1 aliphatic carbocycles. The lowest BCUT2D eigenvalue weighted by Gasteiger charge is -2.16. The van der Waals surface area contributed by atoms with Crippen LogP contribution in [0.2, 0.25) is 0 Å². The van der Waals surface area contributed by atoms with Gasteiger partial charge in [-0.15, -0.1) is 0 Å². The molecule has 140 valence electrons. The maximum Gasteiger partial charge on any atom is 0.273 e. The number of aryl methyl sites for hydroxylation is 3. The molecule has 0 fully saturated rings. The summed E-state index contributed by atoms with van der Waals surface area (Å²) in [4.78, 5) is 12.2. The van der Waals surface area contributed by atoms with E-state index in [1.807, 2.05) is 19.1 Å². The minimum absolute atomic E-state index is 0.228. The third kappa shape index (κ3) is 4.19. The number of carbonyl (C=O) groups excluding carboxylic acids is 1. The SMILES string of the molecule is Cc1cc(CNC(=O)c2cc(COc3ccc4c(c3)CCCC4)on2)n[nH]1. The van der Waals surface area contributed by atoms with Crippen LogP contribution in [0.15, 0.2) is 34.9 Å². The number of fused-ring (bicyclic) bond motifs is 1. The van der Waals surface area contributed by atoms with Crippen molar-refractivity contribution in [1.82, 2.24) is 20.7 Å². The number of benzene rings is 1. The maximum atomic E-state index is 12.2. The van der Waals surface area contributed by atoms with Crippen LogP contribution in [0, 0.1) is 6.92 Å². The van der Waals surface area contributed by atoms with Crippen LogP contribution in [0.5, 0.6) is 5.75 Å². The zero-order chi connectivity index (χ0) is 18.6. The number of aromatic amines is 1. The fraction of sp³-hybridized carbons (Fsp3) is 0.350. The monoisotopic (exact) mass is 366 g/mol. The van der Waals surface area contributed by atoms with E-state index in [9.17, 15) is 4.79 Å². The Balaban J connectivity index is 1.32. The molecule has 0 saturated carbocycles. The lowest BCUT2D eigenvalue weighted by Crippen LogP contribution is -2.23. The molecule has 0 radical (unpaired) electrons. The van der Waals surface area contributed by atoms with Crippen molar-refractivity contribution in [2.75, 3.05) is 0 Å².